The van der Waals surface area contributed by atoms with Crippen LogP contribution in [0.1, 0.15) is 58.3 Å². The number of nitrogens with one attached hydrogen (secondary N) is 1. The Bertz CT molecular complexity index is 1730. The number of benzene rings is 3. The number of aromatic nitrogens is 2. The minimum absolute atomic E-state index is 0.0923. The van der Waals surface area contributed by atoms with Gasteiger partial charge in [-0.3, -0.25) is 4.98 Å². The summed E-state index contributed by atoms with van der Waals surface area (Å²) in [6.07, 6.45) is 2.82. The molecule has 212 valence electrons. The lowest BCUT2D eigenvalue weighted by Crippen LogP contribution is -2.29. The van der Waals surface area contributed by atoms with Crippen LogP contribution in [0.2, 0.25) is 0 Å². The van der Waals surface area contributed by atoms with E-state index in [-0.39, 0.29) is 12.1 Å². The molecule has 0 bridgehead atoms. The van der Waals surface area contributed by atoms with E-state index < -0.39 is 0 Å². The van der Waals surface area contributed by atoms with E-state index in [4.69, 9.17) is 21.9 Å². The lowest BCUT2D eigenvalue weighted by atomic mass is 9.96. The Morgan fingerprint density at radius 3 is 2.24 bits per heavy atom. The monoisotopic (exact) mass is 572 g/mol. The number of pyridine rings is 1. The molecule has 1 N–H and O–H groups in total. The molecule has 2 aromatic heterocycles. The molecule has 6 heteroatoms. The molecule has 2 atom stereocenters. The summed E-state index contributed by atoms with van der Waals surface area (Å²) < 4.78 is 8.53. The Kier molecular flexibility index (Phi) is 7.56. The van der Waals surface area contributed by atoms with Gasteiger partial charge in [0.15, 0.2) is 5.11 Å². The second kappa shape index (κ2) is 11.5. The van der Waals surface area contributed by atoms with Gasteiger partial charge >= 0.3 is 0 Å². The Labute approximate surface area is 253 Å². The summed E-state index contributed by atoms with van der Waals surface area (Å²) >= 11 is 6.01. The van der Waals surface area contributed by atoms with Crippen LogP contribution in [0.4, 0.5) is 5.69 Å². The second-order valence-electron chi connectivity index (χ2n) is 11.0. The van der Waals surface area contributed by atoms with Crippen molar-refractivity contribution in [3.05, 3.63) is 137 Å². The molecule has 0 amide bonds. The van der Waals surface area contributed by atoms with Crippen molar-refractivity contribution in [1.82, 2.24) is 14.9 Å². The van der Waals surface area contributed by atoms with Gasteiger partial charge in [0.25, 0.3) is 0 Å². The first-order valence-electron chi connectivity index (χ1n) is 14.5. The smallest absolute Gasteiger partial charge is 0.174 e. The molecule has 0 spiro atoms. The van der Waals surface area contributed by atoms with Gasteiger partial charge in [0.05, 0.1) is 23.5 Å². The van der Waals surface area contributed by atoms with Crippen molar-refractivity contribution in [3.8, 4) is 17.2 Å². The van der Waals surface area contributed by atoms with E-state index in [0.29, 0.717) is 5.11 Å². The van der Waals surface area contributed by atoms with E-state index in [2.05, 4.69) is 104 Å². The Balaban J connectivity index is 1.43. The van der Waals surface area contributed by atoms with Crippen LogP contribution in [-0.4, -0.2) is 14.7 Å². The van der Waals surface area contributed by atoms with Crippen LogP contribution in [0.15, 0.2) is 97.2 Å². The highest BCUT2D eigenvalue weighted by Crippen LogP contribution is 2.44. The summed E-state index contributed by atoms with van der Waals surface area (Å²) in [5.41, 5.74) is 10.7. The van der Waals surface area contributed by atoms with Crippen LogP contribution >= 0.6 is 12.2 Å². The van der Waals surface area contributed by atoms with Crippen molar-refractivity contribution in [2.45, 2.75) is 53.1 Å². The lowest BCUT2D eigenvalue weighted by Gasteiger charge is -2.28. The Hall–Kier alpha value is -4.42. The molecule has 3 heterocycles. The maximum atomic E-state index is 6.12. The number of ether oxygens (including phenoxy) is 1. The number of anilines is 1. The number of nitrogens with zero attached hydrogens (tertiary/aromatic N) is 3. The molecule has 42 heavy (non-hydrogen) atoms. The highest BCUT2D eigenvalue weighted by molar-refractivity contribution is 7.80. The predicted molar refractivity (Wildman–Crippen MR) is 175 cm³/mol. The SMILES string of the molecule is CCc1cccc(C)c1-n1c(C)cc([C@@H]2[C@H](c3ccccn3)NC(=S)N2c2ccc(Oc3ccc(C)cc3)cc2)c1C. The van der Waals surface area contributed by atoms with E-state index >= 15 is 0 Å². The van der Waals surface area contributed by atoms with Crippen molar-refractivity contribution in [2.75, 3.05) is 4.90 Å². The number of rotatable bonds is 7. The molecule has 1 saturated heterocycles. The van der Waals surface area contributed by atoms with E-state index in [0.717, 1.165) is 29.3 Å². The van der Waals surface area contributed by atoms with Crippen LogP contribution in [0.5, 0.6) is 11.5 Å². The summed E-state index contributed by atoms with van der Waals surface area (Å²) in [7, 11) is 0. The highest BCUT2D eigenvalue weighted by atomic mass is 32.1. The van der Waals surface area contributed by atoms with Gasteiger partial charge in [0.2, 0.25) is 0 Å². The maximum absolute atomic E-state index is 6.12. The third-order valence-corrected chi connectivity index (χ3v) is 8.50. The molecule has 1 aliphatic heterocycles. The summed E-state index contributed by atoms with van der Waals surface area (Å²) in [6.45, 7) is 10.9. The second-order valence-corrected chi connectivity index (χ2v) is 11.4. The lowest BCUT2D eigenvalue weighted by molar-refractivity contribution is 0.482. The van der Waals surface area contributed by atoms with Gasteiger partial charge in [0.1, 0.15) is 11.5 Å². The standard InChI is InChI=1S/C36H36N4OS/c1-6-27-11-9-10-24(3)34(27)39-25(4)22-31(26(39)5)35-33(32-12-7-8-21-37-32)38-36(42)40(35)28-15-19-30(20-16-28)41-29-17-13-23(2)14-18-29/h7-22,33,35H,6H2,1-5H3,(H,38,42)/t33-,35+/m0/s1. The first-order chi connectivity index (χ1) is 20.4. The molecule has 1 aliphatic rings. The third kappa shape index (κ3) is 5.07. The molecule has 0 saturated carbocycles. The fourth-order valence-corrected chi connectivity index (χ4v) is 6.47. The molecule has 5 nitrogen and oxygen atoms in total. The van der Waals surface area contributed by atoms with Gasteiger partial charge in [0, 0.05) is 23.3 Å². The van der Waals surface area contributed by atoms with Gasteiger partial charge in [-0.2, -0.15) is 0 Å². The van der Waals surface area contributed by atoms with Gasteiger partial charge in [-0.15, -0.1) is 0 Å². The molecule has 6 rings (SSSR count). The van der Waals surface area contributed by atoms with Crippen LogP contribution in [-0.2, 0) is 6.42 Å². The van der Waals surface area contributed by atoms with Gasteiger partial charge < -0.3 is 19.5 Å². The summed E-state index contributed by atoms with van der Waals surface area (Å²) in [6, 6.07) is 31.0. The summed E-state index contributed by atoms with van der Waals surface area (Å²) in [4.78, 5) is 6.98. The van der Waals surface area contributed by atoms with E-state index in [1.54, 1.807) is 0 Å². The number of hydrogen-bond acceptors (Lipinski definition) is 3. The van der Waals surface area contributed by atoms with E-state index in [1.807, 2.05) is 42.6 Å². The molecule has 0 radical (unpaired) electrons. The average Bonchev–Trinajstić information content (AvgIpc) is 3.49. The Morgan fingerprint density at radius 2 is 1.57 bits per heavy atom. The minimum atomic E-state index is -0.112. The summed E-state index contributed by atoms with van der Waals surface area (Å²) in [5.74, 6) is 1.60. The number of hydrogen-bond donors (Lipinski definition) is 1. The largest absolute Gasteiger partial charge is 0.457 e. The average molecular weight is 573 g/mol. The van der Waals surface area contributed by atoms with Crippen molar-refractivity contribution in [2.24, 2.45) is 0 Å². The van der Waals surface area contributed by atoms with Crippen LogP contribution in [0.25, 0.3) is 5.69 Å². The van der Waals surface area contributed by atoms with Crippen LogP contribution in [0.3, 0.4) is 0 Å². The van der Waals surface area contributed by atoms with Gasteiger partial charge in [-0.05, 0) is 118 Å². The topological polar surface area (TPSA) is 42.3 Å². The molecular weight excluding hydrogens is 536 g/mol. The minimum Gasteiger partial charge on any atom is -0.457 e. The third-order valence-electron chi connectivity index (χ3n) is 8.18. The van der Waals surface area contributed by atoms with Gasteiger partial charge in [-0.25, -0.2) is 0 Å². The van der Waals surface area contributed by atoms with E-state index in [1.165, 1.54) is 39.3 Å². The van der Waals surface area contributed by atoms with Crippen molar-refractivity contribution < 1.29 is 4.74 Å². The molecule has 0 unspecified atom stereocenters. The summed E-state index contributed by atoms with van der Waals surface area (Å²) in [5, 5.41) is 4.29. The first kappa shape index (κ1) is 27.7. The van der Waals surface area contributed by atoms with Crippen molar-refractivity contribution in [1.29, 1.82) is 0 Å². The molecule has 3 aromatic carbocycles. The molecule has 5 aromatic rings. The Morgan fingerprint density at radius 1 is 0.857 bits per heavy atom. The first-order valence-corrected chi connectivity index (χ1v) is 14.9. The molecular formula is C36H36N4OS. The zero-order valence-corrected chi connectivity index (χ0v) is 25.6. The fourth-order valence-electron chi connectivity index (χ4n) is 6.12. The highest BCUT2D eigenvalue weighted by Gasteiger charge is 2.42. The normalized spacial score (nSPS) is 16.5. The zero-order chi connectivity index (χ0) is 29.4. The molecule has 0 aliphatic carbocycles. The van der Waals surface area contributed by atoms with Crippen LogP contribution < -0.4 is 15.0 Å². The van der Waals surface area contributed by atoms with Crippen molar-refractivity contribution in [3.63, 3.8) is 0 Å². The maximum Gasteiger partial charge on any atom is 0.174 e. The number of para-hydroxylation sites is 1. The van der Waals surface area contributed by atoms with Crippen molar-refractivity contribution >= 4 is 23.0 Å². The quantitative estimate of drug-likeness (QED) is 0.198. The van der Waals surface area contributed by atoms with Gasteiger partial charge in [-0.1, -0.05) is 48.9 Å². The number of thiocarbonyl (C=S) groups is 1. The fraction of sp³-hybridized carbons (Fsp3) is 0.222. The predicted octanol–water partition coefficient (Wildman–Crippen LogP) is 8.64. The van der Waals surface area contributed by atoms with Crippen LogP contribution in [0, 0.1) is 27.7 Å². The number of aryl methyl sites for hydroxylation is 4. The molecule has 1 fully saturated rings. The zero-order valence-electron chi connectivity index (χ0n) is 24.8. The van der Waals surface area contributed by atoms with E-state index in [9.17, 15) is 0 Å².